The molecule has 0 amide bonds. The molecule has 0 bridgehead atoms. The number of hydrogen-bond donors (Lipinski definition) is 2. The molecule has 1 rings (SSSR count). The number of para-hydroxylation sites is 1. The molecule has 0 aromatic heterocycles. The fourth-order valence-corrected chi connectivity index (χ4v) is 1.09. The predicted molar refractivity (Wildman–Crippen MR) is 48.6 cm³/mol. The van der Waals surface area contributed by atoms with Crippen LogP contribution in [-0.4, -0.2) is 24.5 Å². The Bertz CT molecular complexity index is 287. The first-order valence-electron chi connectivity index (χ1n) is 3.81. The molecular weight excluding hydrogens is 171 g/mol. The van der Waals surface area contributed by atoms with Crippen molar-refractivity contribution >= 4 is 7.32 Å². The second-order valence-corrected chi connectivity index (χ2v) is 2.55. The van der Waals surface area contributed by atoms with Gasteiger partial charge in [-0.15, -0.1) is 0 Å². The van der Waals surface area contributed by atoms with Gasteiger partial charge in [-0.05, 0) is 18.6 Å². The summed E-state index contributed by atoms with van der Waals surface area (Å²) in [5.74, 6) is 0.827. The van der Waals surface area contributed by atoms with Gasteiger partial charge in [0.15, 0.2) is 5.75 Å². The summed E-state index contributed by atoms with van der Waals surface area (Å²) in [6.45, 7) is 1.84. The zero-order chi connectivity index (χ0) is 9.84. The Kier molecular flexibility index (Phi) is 3.16. The molecular formula is C8H11BO4. The summed E-state index contributed by atoms with van der Waals surface area (Å²) in [4.78, 5) is 0. The van der Waals surface area contributed by atoms with Crippen molar-refractivity contribution < 1.29 is 19.4 Å². The predicted octanol–water partition coefficient (Wildman–Crippen LogP) is 0.352. The van der Waals surface area contributed by atoms with Crippen molar-refractivity contribution in [1.29, 1.82) is 0 Å². The molecule has 13 heavy (non-hydrogen) atoms. The van der Waals surface area contributed by atoms with Crippen molar-refractivity contribution in [3.8, 4) is 11.5 Å². The minimum atomic E-state index is -1.82. The SMILES string of the molecule is COc1c(C)cccc1OB(O)O. The molecule has 1 aromatic rings. The summed E-state index contributed by atoms with van der Waals surface area (Å²) >= 11 is 0. The van der Waals surface area contributed by atoms with E-state index >= 15 is 0 Å². The van der Waals surface area contributed by atoms with Gasteiger partial charge in [-0.2, -0.15) is 0 Å². The minimum absolute atomic E-state index is 0.317. The molecule has 2 N–H and O–H groups in total. The third-order valence-electron chi connectivity index (χ3n) is 1.61. The van der Waals surface area contributed by atoms with Gasteiger partial charge in [0, 0.05) is 0 Å². The molecule has 0 saturated heterocycles. The Morgan fingerprint density at radius 2 is 2.00 bits per heavy atom. The highest BCUT2D eigenvalue weighted by molar-refractivity contribution is 6.33. The summed E-state index contributed by atoms with van der Waals surface area (Å²) in [5, 5.41) is 17.2. The van der Waals surface area contributed by atoms with Crippen LogP contribution in [0.1, 0.15) is 5.56 Å². The Balaban J connectivity index is 2.98. The van der Waals surface area contributed by atoms with Crippen LogP contribution in [0, 0.1) is 6.92 Å². The number of rotatable bonds is 3. The molecule has 0 aliphatic rings. The fraction of sp³-hybridized carbons (Fsp3) is 0.250. The van der Waals surface area contributed by atoms with E-state index in [2.05, 4.69) is 0 Å². The highest BCUT2D eigenvalue weighted by Gasteiger charge is 2.15. The maximum Gasteiger partial charge on any atom is 0.707 e. The summed E-state index contributed by atoms with van der Waals surface area (Å²) < 4.78 is 9.73. The molecule has 5 heteroatoms. The first-order chi connectivity index (χ1) is 6.15. The van der Waals surface area contributed by atoms with Crippen LogP contribution < -0.4 is 9.39 Å². The van der Waals surface area contributed by atoms with Gasteiger partial charge in [0.1, 0.15) is 5.75 Å². The van der Waals surface area contributed by atoms with Crippen molar-refractivity contribution in [3.05, 3.63) is 23.8 Å². The average Bonchev–Trinajstić information content (AvgIpc) is 2.03. The van der Waals surface area contributed by atoms with E-state index in [1.807, 2.05) is 13.0 Å². The van der Waals surface area contributed by atoms with Gasteiger partial charge < -0.3 is 19.4 Å². The van der Waals surface area contributed by atoms with Crippen LogP contribution in [0.15, 0.2) is 18.2 Å². The van der Waals surface area contributed by atoms with Crippen molar-refractivity contribution in [2.45, 2.75) is 6.92 Å². The molecule has 1 aromatic carbocycles. The fourth-order valence-electron chi connectivity index (χ4n) is 1.09. The Labute approximate surface area is 76.9 Å². The monoisotopic (exact) mass is 182 g/mol. The maximum absolute atomic E-state index is 8.59. The minimum Gasteiger partial charge on any atom is -0.509 e. The third-order valence-corrected chi connectivity index (χ3v) is 1.61. The number of hydrogen-bond acceptors (Lipinski definition) is 4. The van der Waals surface area contributed by atoms with Gasteiger partial charge >= 0.3 is 7.32 Å². The van der Waals surface area contributed by atoms with Crippen LogP contribution in [0.2, 0.25) is 0 Å². The first-order valence-corrected chi connectivity index (χ1v) is 3.81. The quantitative estimate of drug-likeness (QED) is 0.662. The molecule has 0 radical (unpaired) electrons. The molecule has 0 aliphatic carbocycles. The zero-order valence-corrected chi connectivity index (χ0v) is 7.52. The van der Waals surface area contributed by atoms with Crippen molar-refractivity contribution in [1.82, 2.24) is 0 Å². The van der Waals surface area contributed by atoms with E-state index in [0.717, 1.165) is 5.56 Å². The molecule has 4 nitrogen and oxygen atoms in total. The average molecular weight is 182 g/mol. The summed E-state index contributed by atoms with van der Waals surface area (Å²) in [7, 11) is -0.324. The van der Waals surface area contributed by atoms with Crippen LogP contribution in [0.25, 0.3) is 0 Å². The summed E-state index contributed by atoms with van der Waals surface area (Å²) in [5.41, 5.74) is 0.876. The normalized spacial score (nSPS) is 9.54. The van der Waals surface area contributed by atoms with Crippen LogP contribution in [0.3, 0.4) is 0 Å². The van der Waals surface area contributed by atoms with Gasteiger partial charge in [-0.1, -0.05) is 12.1 Å². The van der Waals surface area contributed by atoms with Gasteiger partial charge in [0.05, 0.1) is 7.11 Å². The number of aryl methyl sites for hydroxylation is 1. The number of ether oxygens (including phenoxy) is 1. The molecule has 0 atom stereocenters. The number of benzene rings is 1. The van der Waals surface area contributed by atoms with E-state index in [1.165, 1.54) is 7.11 Å². The highest BCUT2D eigenvalue weighted by Crippen LogP contribution is 2.30. The Morgan fingerprint density at radius 1 is 1.31 bits per heavy atom. The number of methoxy groups -OCH3 is 1. The van der Waals surface area contributed by atoms with E-state index in [0.29, 0.717) is 11.5 Å². The lowest BCUT2D eigenvalue weighted by atomic mass is 10.2. The molecule has 0 heterocycles. The Morgan fingerprint density at radius 3 is 2.54 bits per heavy atom. The van der Waals surface area contributed by atoms with Gasteiger partial charge in [-0.3, -0.25) is 0 Å². The van der Waals surface area contributed by atoms with Crippen LogP contribution in [-0.2, 0) is 0 Å². The lowest BCUT2D eigenvalue weighted by molar-refractivity contribution is 0.279. The van der Waals surface area contributed by atoms with Gasteiger partial charge in [0.25, 0.3) is 0 Å². The second kappa shape index (κ2) is 4.16. The topological polar surface area (TPSA) is 58.9 Å². The smallest absolute Gasteiger partial charge is 0.509 e. The molecule has 0 saturated carbocycles. The lowest BCUT2D eigenvalue weighted by Crippen LogP contribution is -2.21. The van der Waals surface area contributed by atoms with Crippen LogP contribution in [0.4, 0.5) is 0 Å². The van der Waals surface area contributed by atoms with E-state index in [4.69, 9.17) is 19.4 Å². The summed E-state index contributed by atoms with van der Waals surface area (Å²) in [6, 6.07) is 5.19. The van der Waals surface area contributed by atoms with Gasteiger partial charge in [-0.25, -0.2) is 0 Å². The zero-order valence-electron chi connectivity index (χ0n) is 7.52. The van der Waals surface area contributed by atoms with Crippen LogP contribution >= 0.6 is 0 Å². The van der Waals surface area contributed by atoms with Gasteiger partial charge in [0.2, 0.25) is 0 Å². The van der Waals surface area contributed by atoms with Crippen molar-refractivity contribution in [2.24, 2.45) is 0 Å². The standard InChI is InChI=1S/C8H11BO4/c1-6-4-3-5-7(8(6)12-2)13-9(10)11/h3-5,10-11H,1-2H3. The Hall–Kier alpha value is -1.20. The third kappa shape index (κ3) is 2.37. The highest BCUT2D eigenvalue weighted by atomic mass is 16.6. The molecule has 0 unspecified atom stereocenters. The van der Waals surface area contributed by atoms with E-state index in [1.54, 1.807) is 12.1 Å². The van der Waals surface area contributed by atoms with E-state index in [-0.39, 0.29) is 0 Å². The molecule has 0 aliphatic heterocycles. The molecule has 0 fully saturated rings. The second-order valence-electron chi connectivity index (χ2n) is 2.55. The molecule has 70 valence electrons. The first kappa shape index (κ1) is 9.89. The van der Waals surface area contributed by atoms with E-state index < -0.39 is 7.32 Å². The van der Waals surface area contributed by atoms with Crippen LogP contribution in [0.5, 0.6) is 11.5 Å². The van der Waals surface area contributed by atoms with Crippen molar-refractivity contribution in [3.63, 3.8) is 0 Å². The maximum atomic E-state index is 8.59. The van der Waals surface area contributed by atoms with E-state index in [9.17, 15) is 0 Å². The molecule has 0 spiro atoms. The lowest BCUT2D eigenvalue weighted by Gasteiger charge is -2.11. The van der Waals surface area contributed by atoms with Crippen molar-refractivity contribution in [2.75, 3.05) is 7.11 Å². The largest absolute Gasteiger partial charge is 0.707 e. The summed E-state index contributed by atoms with van der Waals surface area (Å²) in [6.07, 6.45) is 0.